The zero-order valence-corrected chi connectivity index (χ0v) is 30.9. The Hall–Kier alpha value is -2.64. The van der Waals surface area contributed by atoms with Crippen LogP contribution in [0.5, 0.6) is 11.5 Å². The van der Waals surface area contributed by atoms with Crippen molar-refractivity contribution in [1.82, 2.24) is 0 Å². The fraction of sp³-hybridized carbons (Fsp3) is 0.605. The number of aliphatic carboxylic acids is 1. The van der Waals surface area contributed by atoms with Gasteiger partial charge in [-0.2, -0.15) is 0 Å². The van der Waals surface area contributed by atoms with Crippen LogP contribution in [0.1, 0.15) is 149 Å². The summed E-state index contributed by atoms with van der Waals surface area (Å²) in [4.78, 5) is 8.89. The Bertz CT molecular complexity index is 1370. The van der Waals surface area contributed by atoms with E-state index in [4.69, 9.17) is 9.90 Å². The Labute approximate surface area is 278 Å². The maximum atomic E-state index is 11.5. The van der Waals surface area contributed by atoms with Crippen molar-refractivity contribution in [2.75, 3.05) is 0 Å². The minimum absolute atomic E-state index is 0.0216. The standard InChI is InChI=1S/C36H54N2O2.C2H4O2.Co/c1-33(2,3)25-17-23(31(39)27(19-25)35(7,8)9)21-37-29-15-13-14-16-30(29)38-22-24-18-26(34(4,5)6)20-28(32(24)40)36(10,11)12;1-2(3)4;/h17-22,29-30,39-40H,13-16H2,1-12H3;1H3,(H,3,4);/q;;+2/p-1/t29-,30-;;/m1../s1. The molecular formula is C38H57CoN2O4+. The van der Waals surface area contributed by atoms with Crippen molar-refractivity contribution in [3.05, 3.63) is 57.6 Å². The van der Waals surface area contributed by atoms with Gasteiger partial charge >= 0.3 is 257 Å². The Morgan fingerprint density at radius 1 is 0.689 bits per heavy atom. The van der Waals surface area contributed by atoms with Crippen LogP contribution in [0.3, 0.4) is 0 Å². The molecule has 0 radical (unpaired) electrons. The summed E-state index contributed by atoms with van der Waals surface area (Å²) in [6, 6.07) is 9.47. The van der Waals surface area contributed by atoms with Gasteiger partial charge in [0, 0.05) is 5.97 Å². The van der Waals surface area contributed by atoms with Gasteiger partial charge in [-0.15, -0.1) is 0 Å². The Morgan fingerprint density at radius 2 is 1.00 bits per heavy atom. The molecule has 2 fully saturated rings. The number of carboxylic acids is 1. The number of hydrogen-bond donors (Lipinski definition) is 2. The molecule has 7 heteroatoms. The molecule has 4 rings (SSSR count). The number of phenols is 2. The van der Waals surface area contributed by atoms with Crippen molar-refractivity contribution in [1.29, 1.82) is 0 Å². The van der Waals surface area contributed by atoms with Gasteiger partial charge in [-0.3, -0.25) is 0 Å². The fourth-order valence-corrected chi connectivity index (χ4v) is 7.45. The molecular weight excluding hydrogens is 607 g/mol. The molecule has 2 aromatic carbocycles. The Morgan fingerprint density at radius 3 is 1.27 bits per heavy atom. The first-order valence-electron chi connectivity index (χ1n) is 16.2. The van der Waals surface area contributed by atoms with Gasteiger partial charge in [0.1, 0.15) is 0 Å². The molecule has 1 aliphatic carbocycles. The van der Waals surface area contributed by atoms with Crippen molar-refractivity contribution < 1.29 is 42.5 Å². The molecule has 6 nitrogen and oxygen atoms in total. The van der Waals surface area contributed by atoms with Crippen LogP contribution in [0.4, 0.5) is 0 Å². The number of carbonyl (C=O) groups excluding carboxylic acids is 1. The SMILES string of the molecule is CC(=O)[O-].CC(C)(C)c1cc(C=[N+]2[Co][N+](=Cc3cc(C(C)(C)C)cc(C(C)(C)C)c3O)[C@@H]3CCCC[C@H]32)c(O)c(C(C)(C)C)c1. The molecule has 2 N–H and O–H groups in total. The Kier molecular flexibility index (Phi) is 10.8. The van der Waals surface area contributed by atoms with Crippen LogP contribution in [0.25, 0.3) is 0 Å². The molecule has 1 aliphatic heterocycles. The number of carbonyl (C=O) groups is 1. The maximum absolute atomic E-state index is 11.5. The van der Waals surface area contributed by atoms with Gasteiger partial charge < -0.3 is 9.90 Å². The van der Waals surface area contributed by atoms with Gasteiger partial charge in [0.05, 0.1) is 0 Å². The topological polar surface area (TPSA) is 86.6 Å². The third-order valence-electron chi connectivity index (χ3n) is 8.59. The second kappa shape index (κ2) is 13.2. The number of nitrogens with zero attached hydrogens (tertiary/aromatic N) is 2. The van der Waals surface area contributed by atoms with Crippen LogP contribution in [0.15, 0.2) is 24.3 Å². The summed E-state index contributed by atoms with van der Waals surface area (Å²) < 4.78 is 4.83. The summed E-state index contributed by atoms with van der Waals surface area (Å²) in [5.74, 6) is -0.305. The van der Waals surface area contributed by atoms with Gasteiger partial charge in [0.25, 0.3) is 0 Å². The summed E-state index contributed by atoms with van der Waals surface area (Å²) in [7, 11) is 0. The van der Waals surface area contributed by atoms with Crippen LogP contribution in [-0.2, 0) is 41.6 Å². The molecule has 0 amide bonds. The minimum atomic E-state index is -1.08. The first kappa shape index (κ1) is 36.8. The summed E-state index contributed by atoms with van der Waals surface area (Å²) in [6.45, 7) is 27.4. The van der Waals surface area contributed by atoms with Gasteiger partial charge in [-0.1, -0.05) is 0 Å². The molecule has 1 saturated carbocycles. The van der Waals surface area contributed by atoms with E-state index in [0.29, 0.717) is 23.6 Å². The van der Waals surface area contributed by atoms with Crippen LogP contribution >= 0.6 is 0 Å². The first-order valence-corrected chi connectivity index (χ1v) is 17.2. The fourth-order valence-electron chi connectivity index (χ4n) is 5.83. The van der Waals surface area contributed by atoms with Crippen molar-refractivity contribution in [3.63, 3.8) is 0 Å². The predicted octanol–water partition coefficient (Wildman–Crippen LogP) is 6.84. The van der Waals surface area contributed by atoms with E-state index < -0.39 is 5.97 Å². The van der Waals surface area contributed by atoms with Crippen molar-refractivity contribution in [2.45, 2.75) is 149 Å². The molecule has 0 unspecified atom stereocenters. The molecule has 1 saturated heterocycles. The predicted molar refractivity (Wildman–Crippen MR) is 179 cm³/mol. The van der Waals surface area contributed by atoms with Crippen LogP contribution in [0, 0.1) is 0 Å². The molecule has 251 valence electrons. The van der Waals surface area contributed by atoms with E-state index >= 15 is 0 Å². The van der Waals surface area contributed by atoms with Crippen molar-refractivity contribution in [2.24, 2.45) is 0 Å². The average molecular weight is 665 g/mol. The van der Waals surface area contributed by atoms with E-state index in [1.807, 2.05) is 0 Å². The second-order valence-corrected chi connectivity index (χ2v) is 18.1. The number of benzene rings is 2. The molecule has 2 atom stereocenters. The van der Waals surface area contributed by atoms with Gasteiger partial charge in [-0.25, -0.2) is 0 Å². The van der Waals surface area contributed by atoms with Crippen LogP contribution < -0.4 is 5.11 Å². The van der Waals surface area contributed by atoms with E-state index in [9.17, 15) is 10.2 Å². The molecule has 45 heavy (non-hydrogen) atoms. The Balaban J connectivity index is 0.00000130. The van der Waals surface area contributed by atoms with Gasteiger partial charge in [-0.05, 0) is 6.92 Å². The number of hydrogen-bond acceptors (Lipinski definition) is 4. The van der Waals surface area contributed by atoms with Gasteiger partial charge in [0.15, 0.2) is 0 Å². The van der Waals surface area contributed by atoms with E-state index in [0.717, 1.165) is 57.1 Å². The average Bonchev–Trinajstić information content (AvgIpc) is 3.20. The summed E-state index contributed by atoms with van der Waals surface area (Å²) in [5, 5.41) is 31.9. The zero-order valence-electron chi connectivity index (χ0n) is 29.9. The molecule has 1 heterocycles. The van der Waals surface area contributed by atoms with E-state index in [-0.39, 0.29) is 21.7 Å². The van der Waals surface area contributed by atoms with E-state index in [2.05, 4.69) is 127 Å². The molecule has 0 aromatic heterocycles. The molecule has 2 aliphatic rings. The van der Waals surface area contributed by atoms with Crippen molar-refractivity contribution in [3.8, 4) is 11.5 Å². The van der Waals surface area contributed by atoms with E-state index in [1.54, 1.807) is 0 Å². The number of carboxylic acid groups (broad SMARTS) is 1. The quantitative estimate of drug-likeness (QED) is 0.368. The third-order valence-corrected chi connectivity index (χ3v) is 10.0. The van der Waals surface area contributed by atoms with Crippen LogP contribution in [-0.4, -0.2) is 47.9 Å². The summed E-state index contributed by atoms with van der Waals surface area (Å²) in [5.41, 5.74) is 5.89. The van der Waals surface area contributed by atoms with E-state index in [1.165, 1.54) is 24.0 Å². The second-order valence-electron chi connectivity index (χ2n) is 16.8. The van der Waals surface area contributed by atoms with Gasteiger partial charge in [0.2, 0.25) is 0 Å². The van der Waals surface area contributed by atoms with Crippen LogP contribution in [0.2, 0.25) is 0 Å². The summed E-state index contributed by atoms with van der Waals surface area (Å²) >= 11 is 1.10. The number of aromatic hydroxyl groups is 2. The summed E-state index contributed by atoms with van der Waals surface area (Å²) in [6.07, 6.45) is 9.09. The number of rotatable bonds is 2. The molecule has 2 aromatic rings. The number of fused-ring (bicyclic) bond motifs is 1. The number of phenolic OH excluding ortho intramolecular Hbond substituents is 2. The zero-order chi connectivity index (χ0) is 34.3. The molecule has 0 bridgehead atoms. The monoisotopic (exact) mass is 664 g/mol. The first-order chi connectivity index (χ1) is 20.4. The van der Waals surface area contributed by atoms with Crippen molar-refractivity contribution >= 4 is 18.4 Å². The molecule has 0 spiro atoms. The normalized spacial score (nSPS) is 21.2. The third kappa shape index (κ3) is 9.00.